The molecule has 0 rings (SSSR count). The molecule has 4 heteroatoms. The van der Waals surface area contributed by atoms with E-state index in [1.54, 1.807) is 7.11 Å². The van der Waals surface area contributed by atoms with Crippen LogP contribution in [-0.2, 0) is 4.74 Å². The van der Waals surface area contributed by atoms with Gasteiger partial charge in [0.25, 0.3) is 0 Å². The summed E-state index contributed by atoms with van der Waals surface area (Å²) in [5.41, 5.74) is 0. The van der Waals surface area contributed by atoms with Crippen molar-refractivity contribution in [2.75, 3.05) is 61.0 Å². The first-order valence-electron chi connectivity index (χ1n) is 5.01. The number of hydrogen-bond donors (Lipinski definition) is 0. The summed E-state index contributed by atoms with van der Waals surface area (Å²) in [6, 6.07) is 0. The highest BCUT2D eigenvalue weighted by Crippen LogP contribution is 2.01. The van der Waals surface area contributed by atoms with Gasteiger partial charge >= 0.3 is 0 Å². The van der Waals surface area contributed by atoms with E-state index in [4.69, 9.17) is 4.74 Å². The summed E-state index contributed by atoms with van der Waals surface area (Å²) in [6.45, 7) is 7.74. The molecule has 1 atom stereocenters. The summed E-state index contributed by atoms with van der Waals surface area (Å²) in [5, 5.41) is 0. The average Bonchev–Trinajstić information content (AvgIpc) is 2.11. The molecule has 0 amide bonds. The number of likely N-dealkylation sites (N-methyl/N-ethyl adjacent to an activating group) is 2. The molecule has 0 saturated heterocycles. The van der Waals surface area contributed by atoms with Crippen molar-refractivity contribution in [3.8, 4) is 0 Å². The number of rotatable bonds is 7. The van der Waals surface area contributed by atoms with Crippen molar-refractivity contribution in [3.05, 3.63) is 0 Å². The Morgan fingerprint density at radius 3 is 2.14 bits per heavy atom. The molecule has 0 aromatic rings. The third kappa shape index (κ3) is 7.74. The van der Waals surface area contributed by atoms with Crippen molar-refractivity contribution in [1.82, 2.24) is 4.90 Å². The van der Waals surface area contributed by atoms with Crippen molar-refractivity contribution in [2.45, 2.75) is 6.92 Å². The van der Waals surface area contributed by atoms with Crippen molar-refractivity contribution >= 4 is 0 Å². The molecular formula is C10H25BrN2O. The normalized spacial score (nSPS) is 15.0. The van der Waals surface area contributed by atoms with E-state index in [1.807, 2.05) is 0 Å². The first-order chi connectivity index (χ1) is 6.04. The fourth-order valence-corrected chi connectivity index (χ4v) is 1.18. The minimum absolute atomic E-state index is 0. The SMILES string of the molecule is CC[N+](C)(CCOC)CCN(C)C.[Br-]. The van der Waals surface area contributed by atoms with Crippen LogP contribution >= 0.6 is 0 Å². The Labute approximate surface area is 99.4 Å². The van der Waals surface area contributed by atoms with E-state index in [0.717, 1.165) is 24.2 Å². The van der Waals surface area contributed by atoms with E-state index in [2.05, 4.69) is 33.0 Å². The lowest BCUT2D eigenvalue weighted by molar-refractivity contribution is -0.907. The summed E-state index contributed by atoms with van der Waals surface area (Å²) < 4.78 is 6.22. The van der Waals surface area contributed by atoms with E-state index in [1.165, 1.54) is 13.1 Å². The fourth-order valence-electron chi connectivity index (χ4n) is 1.18. The second-order valence-electron chi connectivity index (χ2n) is 4.18. The maximum absolute atomic E-state index is 5.12. The Kier molecular flexibility index (Phi) is 10.4. The van der Waals surface area contributed by atoms with Gasteiger partial charge in [-0.15, -0.1) is 0 Å². The van der Waals surface area contributed by atoms with Gasteiger partial charge in [0.2, 0.25) is 0 Å². The van der Waals surface area contributed by atoms with Crippen LogP contribution in [0.3, 0.4) is 0 Å². The Morgan fingerprint density at radius 2 is 1.79 bits per heavy atom. The van der Waals surface area contributed by atoms with Crippen LogP contribution in [0.4, 0.5) is 0 Å². The van der Waals surface area contributed by atoms with E-state index in [-0.39, 0.29) is 17.0 Å². The van der Waals surface area contributed by atoms with Gasteiger partial charge in [-0.3, -0.25) is 0 Å². The Morgan fingerprint density at radius 1 is 1.21 bits per heavy atom. The quantitative estimate of drug-likeness (QED) is 0.481. The number of quaternary nitrogens is 1. The van der Waals surface area contributed by atoms with Gasteiger partial charge in [-0.1, -0.05) is 0 Å². The lowest BCUT2D eigenvalue weighted by Crippen LogP contribution is -3.00. The van der Waals surface area contributed by atoms with Crippen LogP contribution in [0.5, 0.6) is 0 Å². The summed E-state index contributed by atoms with van der Waals surface area (Å²) in [6.07, 6.45) is 0. The molecule has 88 valence electrons. The van der Waals surface area contributed by atoms with Crippen molar-refractivity contribution < 1.29 is 26.2 Å². The van der Waals surface area contributed by atoms with Crippen LogP contribution in [-0.4, -0.2) is 70.4 Å². The first kappa shape index (κ1) is 16.8. The Bertz CT molecular complexity index is 133. The maximum atomic E-state index is 5.12. The molecule has 0 aliphatic rings. The molecule has 0 saturated carbocycles. The molecule has 0 N–H and O–H groups in total. The molecule has 0 radical (unpaired) electrons. The van der Waals surface area contributed by atoms with Gasteiger partial charge < -0.3 is 31.1 Å². The minimum atomic E-state index is 0. The average molecular weight is 269 g/mol. The fraction of sp³-hybridized carbons (Fsp3) is 1.00. The topological polar surface area (TPSA) is 12.5 Å². The predicted molar refractivity (Wildman–Crippen MR) is 56.9 cm³/mol. The van der Waals surface area contributed by atoms with Gasteiger partial charge in [0.05, 0.1) is 26.7 Å². The van der Waals surface area contributed by atoms with E-state index in [0.29, 0.717) is 0 Å². The third-order valence-corrected chi connectivity index (χ3v) is 2.69. The monoisotopic (exact) mass is 268 g/mol. The molecule has 3 nitrogen and oxygen atoms in total. The number of ether oxygens (including phenoxy) is 1. The molecule has 0 aliphatic heterocycles. The zero-order chi connectivity index (χ0) is 10.3. The van der Waals surface area contributed by atoms with Gasteiger partial charge in [-0.05, 0) is 21.0 Å². The highest BCUT2D eigenvalue weighted by atomic mass is 79.9. The molecule has 0 spiro atoms. The van der Waals surface area contributed by atoms with Crippen LogP contribution in [0.1, 0.15) is 6.92 Å². The molecule has 1 unspecified atom stereocenters. The Hall–Kier alpha value is 0.360. The molecule has 0 fully saturated rings. The van der Waals surface area contributed by atoms with Gasteiger partial charge in [0, 0.05) is 13.7 Å². The van der Waals surface area contributed by atoms with E-state index >= 15 is 0 Å². The van der Waals surface area contributed by atoms with Gasteiger partial charge in [0.1, 0.15) is 6.54 Å². The lowest BCUT2D eigenvalue weighted by Gasteiger charge is -2.34. The van der Waals surface area contributed by atoms with Crippen LogP contribution < -0.4 is 17.0 Å². The molecule has 14 heavy (non-hydrogen) atoms. The molecular weight excluding hydrogens is 244 g/mol. The van der Waals surface area contributed by atoms with Crippen LogP contribution in [0.2, 0.25) is 0 Å². The standard InChI is InChI=1S/C10H25N2O.BrH/c1-6-12(4,9-10-13-5)8-7-11(2)3;/h6-10H2,1-5H3;1H/q+1;/p-1. The molecule has 0 aliphatic carbocycles. The van der Waals surface area contributed by atoms with E-state index < -0.39 is 0 Å². The van der Waals surface area contributed by atoms with Gasteiger partial charge in [-0.25, -0.2) is 0 Å². The number of methoxy groups -OCH3 is 1. The predicted octanol–water partition coefficient (Wildman–Crippen LogP) is -2.34. The zero-order valence-electron chi connectivity index (χ0n) is 10.2. The number of halogens is 1. The number of hydrogen-bond acceptors (Lipinski definition) is 2. The summed E-state index contributed by atoms with van der Waals surface area (Å²) in [7, 11) is 8.31. The lowest BCUT2D eigenvalue weighted by atomic mass is 10.3. The molecule has 0 aromatic heterocycles. The summed E-state index contributed by atoms with van der Waals surface area (Å²) in [4.78, 5) is 2.24. The number of nitrogens with zero attached hydrogens (tertiary/aromatic N) is 2. The van der Waals surface area contributed by atoms with Crippen molar-refractivity contribution in [1.29, 1.82) is 0 Å². The Balaban J connectivity index is 0. The largest absolute Gasteiger partial charge is 1.00 e. The molecule has 0 heterocycles. The van der Waals surface area contributed by atoms with Gasteiger partial charge in [-0.2, -0.15) is 0 Å². The highest BCUT2D eigenvalue weighted by molar-refractivity contribution is 4.43. The third-order valence-electron chi connectivity index (χ3n) is 2.69. The smallest absolute Gasteiger partial charge is 0.102 e. The minimum Gasteiger partial charge on any atom is -1.00 e. The molecule has 0 bridgehead atoms. The summed E-state index contributed by atoms with van der Waals surface area (Å²) >= 11 is 0. The molecule has 0 aromatic carbocycles. The van der Waals surface area contributed by atoms with E-state index in [9.17, 15) is 0 Å². The second kappa shape index (κ2) is 8.65. The van der Waals surface area contributed by atoms with Crippen LogP contribution in [0.15, 0.2) is 0 Å². The summed E-state index contributed by atoms with van der Waals surface area (Å²) in [5.74, 6) is 0. The zero-order valence-corrected chi connectivity index (χ0v) is 11.8. The van der Waals surface area contributed by atoms with Crippen molar-refractivity contribution in [3.63, 3.8) is 0 Å². The van der Waals surface area contributed by atoms with Crippen LogP contribution in [0, 0.1) is 0 Å². The van der Waals surface area contributed by atoms with Crippen LogP contribution in [0.25, 0.3) is 0 Å². The maximum Gasteiger partial charge on any atom is 0.102 e. The van der Waals surface area contributed by atoms with Crippen molar-refractivity contribution in [2.24, 2.45) is 0 Å². The first-order valence-corrected chi connectivity index (χ1v) is 5.01. The highest BCUT2D eigenvalue weighted by Gasteiger charge is 2.18. The van der Waals surface area contributed by atoms with Gasteiger partial charge in [0.15, 0.2) is 0 Å². The second-order valence-corrected chi connectivity index (χ2v) is 4.18.